The molecule has 8 heteroatoms. The third-order valence-corrected chi connectivity index (χ3v) is 7.38. The van der Waals surface area contributed by atoms with Gasteiger partial charge in [-0.05, 0) is 60.9 Å². The minimum Gasteiger partial charge on any atom is -0.462 e. The van der Waals surface area contributed by atoms with E-state index in [-0.39, 0.29) is 22.6 Å². The van der Waals surface area contributed by atoms with Crippen LogP contribution in [0.25, 0.3) is 0 Å². The highest BCUT2D eigenvalue weighted by Crippen LogP contribution is 2.25. The van der Waals surface area contributed by atoms with Crippen LogP contribution >= 0.6 is 0 Å². The van der Waals surface area contributed by atoms with Crippen molar-refractivity contribution in [3.63, 3.8) is 0 Å². The Balaban J connectivity index is 1.50. The maximum absolute atomic E-state index is 13.1. The predicted molar refractivity (Wildman–Crippen MR) is 125 cm³/mol. The van der Waals surface area contributed by atoms with E-state index < -0.39 is 21.9 Å². The Morgan fingerprint density at radius 1 is 0.939 bits per heavy atom. The third kappa shape index (κ3) is 4.81. The number of amides is 1. The minimum atomic E-state index is -3.69. The quantitative estimate of drug-likeness (QED) is 0.559. The van der Waals surface area contributed by atoms with Crippen LogP contribution in [0.2, 0.25) is 0 Å². The molecule has 0 fully saturated rings. The Morgan fingerprint density at radius 2 is 1.61 bits per heavy atom. The van der Waals surface area contributed by atoms with Crippen LogP contribution in [0.3, 0.4) is 0 Å². The van der Waals surface area contributed by atoms with E-state index in [2.05, 4.69) is 5.32 Å². The summed E-state index contributed by atoms with van der Waals surface area (Å²) in [6, 6.07) is 20.2. The molecule has 0 saturated heterocycles. The molecule has 0 radical (unpaired) electrons. The normalized spacial score (nSPS) is 13.7. The second kappa shape index (κ2) is 9.56. The summed E-state index contributed by atoms with van der Waals surface area (Å²) in [6.07, 6.45) is 0.662. The van der Waals surface area contributed by atoms with E-state index in [1.54, 1.807) is 31.2 Å². The van der Waals surface area contributed by atoms with Gasteiger partial charge in [-0.15, -0.1) is 0 Å². The Kier molecular flexibility index (Phi) is 6.57. The minimum absolute atomic E-state index is 0.130. The number of carbonyl (C=O) groups is 2. The molecule has 1 aliphatic rings. The highest BCUT2D eigenvalue weighted by molar-refractivity contribution is 7.89. The monoisotopic (exact) mass is 464 g/mol. The van der Waals surface area contributed by atoms with Gasteiger partial charge in [0.05, 0.1) is 22.8 Å². The molecule has 0 spiro atoms. The summed E-state index contributed by atoms with van der Waals surface area (Å²) in [5, 5.41) is 2.70. The zero-order chi connectivity index (χ0) is 23.4. The fraction of sp³-hybridized carbons (Fsp3) is 0.200. The largest absolute Gasteiger partial charge is 0.462 e. The summed E-state index contributed by atoms with van der Waals surface area (Å²) in [4.78, 5) is 25.0. The Hall–Kier alpha value is -3.49. The van der Waals surface area contributed by atoms with Gasteiger partial charge in [-0.1, -0.05) is 36.4 Å². The SMILES string of the molecule is CCOC(=O)c1ccccc1NC(=O)c1ccc(S(=O)(=O)N2CCc3ccccc3C2)cc1. The van der Waals surface area contributed by atoms with Crippen molar-refractivity contribution in [3.8, 4) is 0 Å². The van der Waals surface area contributed by atoms with Crippen molar-refractivity contribution in [1.82, 2.24) is 4.31 Å². The predicted octanol–water partition coefficient (Wildman–Crippen LogP) is 3.86. The number of benzene rings is 3. The average Bonchev–Trinajstić information content (AvgIpc) is 2.84. The van der Waals surface area contributed by atoms with Crippen molar-refractivity contribution in [2.45, 2.75) is 24.8 Å². The lowest BCUT2D eigenvalue weighted by atomic mass is 10.0. The van der Waals surface area contributed by atoms with Gasteiger partial charge in [0.2, 0.25) is 10.0 Å². The molecule has 0 atom stereocenters. The van der Waals surface area contributed by atoms with Crippen molar-refractivity contribution in [3.05, 3.63) is 95.1 Å². The number of anilines is 1. The molecule has 1 amide bonds. The van der Waals surface area contributed by atoms with Crippen molar-refractivity contribution < 1.29 is 22.7 Å². The summed E-state index contributed by atoms with van der Waals surface area (Å²) in [5.41, 5.74) is 3.01. The second-order valence-electron chi connectivity index (χ2n) is 7.60. The number of carbonyl (C=O) groups excluding carboxylic acids is 2. The Bertz CT molecular complexity index is 1290. The number of fused-ring (bicyclic) bond motifs is 1. The van der Waals surface area contributed by atoms with Crippen molar-refractivity contribution in [2.75, 3.05) is 18.5 Å². The highest BCUT2D eigenvalue weighted by Gasteiger charge is 2.28. The van der Waals surface area contributed by atoms with Gasteiger partial charge < -0.3 is 10.1 Å². The summed E-state index contributed by atoms with van der Waals surface area (Å²) in [7, 11) is -3.69. The first-order valence-corrected chi connectivity index (χ1v) is 12.1. The molecular weight excluding hydrogens is 440 g/mol. The molecule has 0 saturated carbocycles. The number of nitrogens with zero attached hydrogens (tertiary/aromatic N) is 1. The maximum Gasteiger partial charge on any atom is 0.340 e. The number of esters is 1. The highest BCUT2D eigenvalue weighted by atomic mass is 32.2. The molecule has 3 aromatic rings. The zero-order valence-corrected chi connectivity index (χ0v) is 19.0. The molecule has 1 heterocycles. The van der Waals surface area contributed by atoms with E-state index in [1.165, 1.54) is 34.1 Å². The van der Waals surface area contributed by atoms with Gasteiger partial charge in [-0.3, -0.25) is 4.79 Å². The number of para-hydroxylation sites is 1. The van der Waals surface area contributed by atoms with Gasteiger partial charge >= 0.3 is 5.97 Å². The van der Waals surface area contributed by atoms with Gasteiger partial charge in [0, 0.05) is 18.7 Å². The molecule has 1 N–H and O–H groups in total. The van der Waals surface area contributed by atoms with Crippen LogP contribution in [0.4, 0.5) is 5.69 Å². The van der Waals surface area contributed by atoms with Crippen molar-refractivity contribution in [2.24, 2.45) is 0 Å². The first kappa shape index (κ1) is 22.7. The van der Waals surface area contributed by atoms with Crippen molar-refractivity contribution >= 4 is 27.6 Å². The molecule has 3 aromatic carbocycles. The summed E-state index contributed by atoms with van der Waals surface area (Å²) in [5.74, 6) is -0.986. The van der Waals surface area contributed by atoms with Crippen LogP contribution in [0.5, 0.6) is 0 Å². The number of hydrogen-bond donors (Lipinski definition) is 1. The lowest BCUT2D eigenvalue weighted by molar-refractivity contribution is 0.0527. The van der Waals surface area contributed by atoms with Crippen LogP contribution in [0.1, 0.15) is 38.8 Å². The van der Waals surface area contributed by atoms with Crippen molar-refractivity contribution in [1.29, 1.82) is 0 Å². The molecule has 0 unspecified atom stereocenters. The number of rotatable bonds is 6. The lowest BCUT2D eigenvalue weighted by Crippen LogP contribution is -2.35. The maximum atomic E-state index is 13.1. The van der Waals surface area contributed by atoms with E-state index in [0.29, 0.717) is 25.2 Å². The first-order valence-electron chi connectivity index (χ1n) is 10.6. The van der Waals surface area contributed by atoms with E-state index in [0.717, 1.165) is 5.56 Å². The number of hydrogen-bond acceptors (Lipinski definition) is 5. The van der Waals surface area contributed by atoms with Crippen LogP contribution in [-0.2, 0) is 27.7 Å². The molecule has 7 nitrogen and oxygen atoms in total. The fourth-order valence-corrected chi connectivity index (χ4v) is 5.19. The summed E-state index contributed by atoms with van der Waals surface area (Å²) >= 11 is 0. The smallest absolute Gasteiger partial charge is 0.340 e. The molecule has 170 valence electrons. The van der Waals surface area contributed by atoms with E-state index >= 15 is 0 Å². The summed E-state index contributed by atoms with van der Waals surface area (Å²) < 4.78 is 32.7. The Morgan fingerprint density at radius 3 is 2.33 bits per heavy atom. The molecule has 0 bridgehead atoms. The molecule has 1 aliphatic heterocycles. The Labute approximate surface area is 193 Å². The van der Waals surface area contributed by atoms with Crippen LogP contribution in [0, 0.1) is 0 Å². The topological polar surface area (TPSA) is 92.8 Å². The lowest BCUT2D eigenvalue weighted by Gasteiger charge is -2.28. The van der Waals surface area contributed by atoms with Gasteiger partial charge in [-0.2, -0.15) is 4.31 Å². The molecule has 0 aromatic heterocycles. The summed E-state index contributed by atoms with van der Waals surface area (Å²) in [6.45, 7) is 2.66. The fourth-order valence-electron chi connectivity index (χ4n) is 3.78. The standard InChI is InChI=1S/C25H24N2O5S/c1-2-32-25(29)22-9-5-6-10-23(22)26-24(28)19-11-13-21(14-12-19)33(30,31)27-16-15-18-7-3-4-8-20(18)17-27/h3-14H,2,15-17H2,1H3,(H,26,28). The molecular formula is C25H24N2O5S. The number of sulfonamides is 1. The van der Waals surface area contributed by atoms with E-state index in [4.69, 9.17) is 4.74 Å². The van der Waals surface area contributed by atoms with Gasteiger partial charge in [-0.25, -0.2) is 13.2 Å². The van der Waals surface area contributed by atoms with E-state index in [9.17, 15) is 18.0 Å². The van der Waals surface area contributed by atoms with Gasteiger partial charge in [0.1, 0.15) is 0 Å². The average molecular weight is 465 g/mol. The van der Waals surface area contributed by atoms with Crippen LogP contribution in [0.15, 0.2) is 77.7 Å². The van der Waals surface area contributed by atoms with E-state index in [1.807, 2.05) is 24.3 Å². The molecule has 0 aliphatic carbocycles. The third-order valence-electron chi connectivity index (χ3n) is 5.52. The second-order valence-corrected chi connectivity index (χ2v) is 9.54. The van der Waals surface area contributed by atoms with Crippen LogP contribution in [-0.4, -0.2) is 37.8 Å². The number of ether oxygens (including phenoxy) is 1. The first-order chi connectivity index (χ1) is 15.9. The van der Waals surface area contributed by atoms with Gasteiger partial charge in [0.15, 0.2) is 0 Å². The van der Waals surface area contributed by atoms with Gasteiger partial charge in [0.25, 0.3) is 5.91 Å². The molecule has 4 rings (SSSR count). The zero-order valence-electron chi connectivity index (χ0n) is 18.2. The van der Waals surface area contributed by atoms with Crippen LogP contribution < -0.4 is 5.32 Å². The number of nitrogens with one attached hydrogen (secondary N) is 1. The molecule has 33 heavy (non-hydrogen) atoms.